The van der Waals surface area contributed by atoms with Crippen LogP contribution in [0, 0.1) is 0 Å². The highest BCUT2D eigenvalue weighted by atomic mass is 16.5. The van der Waals surface area contributed by atoms with Crippen molar-refractivity contribution < 1.29 is 9.53 Å². The van der Waals surface area contributed by atoms with E-state index >= 15 is 0 Å². The van der Waals surface area contributed by atoms with E-state index < -0.39 is 0 Å². The van der Waals surface area contributed by atoms with Gasteiger partial charge in [0, 0.05) is 0 Å². The maximum atomic E-state index is 12.0. The lowest BCUT2D eigenvalue weighted by atomic mass is 10.0. The second-order valence-electron chi connectivity index (χ2n) is 8.03. The van der Waals surface area contributed by atoms with Gasteiger partial charge in [0.2, 0.25) is 0 Å². The number of hydrogen-bond acceptors (Lipinski definition) is 3. The summed E-state index contributed by atoms with van der Waals surface area (Å²) in [5.41, 5.74) is 0. The number of esters is 1. The molecule has 3 nitrogen and oxygen atoms in total. The molecule has 0 saturated heterocycles. The van der Waals surface area contributed by atoms with Gasteiger partial charge < -0.3 is 4.74 Å². The summed E-state index contributed by atoms with van der Waals surface area (Å²) in [7, 11) is 3.95. The molecule has 0 rings (SSSR count). The number of likely N-dealkylation sites (N-methyl/N-ethyl adjacent to an activating group) is 1. The third-order valence-corrected chi connectivity index (χ3v) is 5.17. The molecule has 0 N–H and O–H groups in total. The zero-order valence-corrected chi connectivity index (χ0v) is 18.4. The Bertz CT molecular complexity index is 305. The first-order chi connectivity index (χ1) is 12.6. The van der Waals surface area contributed by atoms with E-state index in [1.807, 2.05) is 25.9 Å². The van der Waals surface area contributed by atoms with E-state index in [1.54, 1.807) is 0 Å². The van der Waals surface area contributed by atoms with Crippen LogP contribution in [-0.4, -0.2) is 37.6 Å². The Hall–Kier alpha value is -0.570. The molecule has 26 heavy (non-hydrogen) atoms. The van der Waals surface area contributed by atoms with Gasteiger partial charge in [0.25, 0.3) is 0 Å². The van der Waals surface area contributed by atoms with Crippen molar-refractivity contribution in [1.82, 2.24) is 4.90 Å². The third-order valence-electron chi connectivity index (χ3n) is 5.17. The van der Waals surface area contributed by atoms with E-state index in [4.69, 9.17) is 4.74 Å². The van der Waals surface area contributed by atoms with Crippen LogP contribution in [0.15, 0.2) is 0 Å². The summed E-state index contributed by atoms with van der Waals surface area (Å²) >= 11 is 0. The fourth-order valence-electron chi connectivity index (χ4n) is 3.42. The third kappa shape index (κ3) is 15.7. The van der Waals surface area contributed by atoms with Gasteiger partial charge in [-0.2, -0.15) is 0 Å². The number of rotatable bonds is 19. The Labute approximate surface area is 164 Å². The van der Waals surface area contributed by atoms with Crippen LogP contribution in [0.5, 0.6) is 0 Å². The predicted octanol–water partition coefficient (Wildman–Crippen LogP) is 6.74. The molecule has 0 aliphatic heterocycles. The maximum Gasteiger partial charge on any atom is 0.323 e. The predicted molar refractivity (Wildman–Crippen MR) is 114 cm³/mol. The minimum atomic E-state index is -0.0705. The Morgan fingerprint density at radius 1 is 0.692 bits per heavy atom. The number of carbonyl (C=O) groups excluding carboxylic acids is 1. The number of ether oxygens (including phenoxy) is 1. The van der Waals surface area contributed by atoms with Gasteiger partial charge in [0.15, 0.2) is 0 Å². The Kier molecular flexibility index (Phi) is 18.8. The first-order valence-electron chi connectivity index (χ1n) is 11.5. The summed E-state index contributed by atoms with van der Waals surface area (Å²) in [5.74, 6) is -0.0495. The van der Waals surface area contributed by atoms with E-state index in [1.165, 1.54) is 83.5 Å². The smallest absolute Gasteiger partial charge is 0.323 e. The van der Waals surface area contributed by atoms with Crippen molar-refractivity contribution in [3.8, 4) is 0 Å². The summed E-state index contributed by atoms with van der Waals surface area (Å²) in [5, 5.41) is 0. The minimum Gasteiger partial charge on any atom is -0.465 e. The van der Waals surface area contributed by atoms with Crippen LogP contribution >= 0.6 is 0 Å². The summed E-state index contributed by atoms with van der Waals surface area (Å²) < 4.78 is 5.30. The molecule has 0 aromatic heterocycles. The van der Waals surface area contributed by atoms with Crippen LogP contribution in [0.25, 0.3) is 0 Å². The van der Waals surface area contributed by atoms with Crippen molar-refractivity contribution in [2.24, 2.45) is 0 Å². The average molecular weight is 370 g/mol. The van der Waals surface area contributed by atoms with Crippen molar-refractivity contribution in [2.45, 2.75) is 123 Å². The fraction of sp³-hybridized carbons (Fsp3) is 0.957. The first-order valence-corrected chi connectivity index (χ1v) is 11.5. The van der Waals surface area contributed by atoms with E-state index in [0.29, 0.717) is 6.61 Å². The van der Waals surface area contributed by atoms with Crippen molar-refractivity contribution in [3.05, 3.63) is 0 Å². The molecule has 0 amide bonds. The molecule has 0 heterocycles. The normalized spacial score (nSPS) is 12.5. The van der Waals surface area contributed by atoms with Crippen LogP contribution in [-0.2, 0) is 9.53 Å². The zero-order valence-electron chi connectivity index (χ0n) is 18.4. The lowest BCUT2D eigenvalue weighted by Gasteiger charge is -2.22. The summed E-state index contributed by atoms with van der Waals surface area (Å²) in [6.45, 7) is 4.86. The van der Waals surface area contributed by atoms with Crippen LogP contribution in [0.3, 0.4) is 0 Å². The van der Waals surface area contributed by atoms with Crippen molar-refractivity contribution in [3.63, 3.8) is 0 Å². The minimum absolute atomic E-state index is 0.0495. The second kappa shape index (κ2) is 19.2. The van der Waals surface area contributed by atoms with Gasteiger partial charge in [0.05, 0.1) is 6.61 Å². The van der Waals surface area contributed by atoms with Gasteiger partial charge in [-0.3, -0.25) is 9.69 Å². The Morgan fingerprint density at radius 2 is 1.12 bits per heavy atom. The SMILES string of the molecule is CCCCCCCCCCCCCCCCC(C(=O)OCCC)N(C)C. The van der Waals surface area contributed by atoms with E-state index in [-0.39, 0.29) is 12.0 Å². The number of unbranched alkanes of at least 4 members (excludes halogenated alkanes) is 13. The standard InChI is InChI=1S/C23H47NO2/c1-5-7-8-9-10-11-12-13-14-15-16-17-18-19-20-22(24(3)4)23(25)26-21-6-2/h22H,5-21H2,1-4H3. The molecule has 1 unspecified atom stereocenters. The largest absolute Gasteiger partial charge is 0.465 e. The molecular formula is C23H47NO2. The molecule has 0 spiro atoms. The van der Waals surface area contributed by atoms with Crippen molar-refractivity contribution in [1.29, 1.82) is 0 Å². The van der Waals surface area contributed by atoms with Gasteiger partial charge in [-0.25, -0.2) is 0 Å². The van der Waals surface area contributed by atoms with Crippen LogP contribution < -0.4 is 0 Å². The van der Waals surface area contributed by atoms with Crippen molar-refractivity contribution >= 4 is 5.97 Å². The monoisotopic (exact) mass is 369 g/mol. The molecule has 0 saturated carbocycles. The van der Waals surface area contributed by atoms with Crippen LogP contribution in [0.1, 0.15) is 117 Å². The van der Waals surface area contributed by atoms with E-state index in [0.717, 1.165) is 19.3 Å². The van der Waals surface area contributed by atoms with Gasteiger partial charge in [0.1, 0.15) is 6.04 Å². The summed E-state index contributed by atoms with van der Waals surface area (Å²) in [6.07, 6.45) is 21.0. The van der Waals surface area contributed by atoms with Crippen LogP contribution in [0.2, 0.25) is 0 Å². The quantitative estimate of drug-likeness (QED) is 0.186. The van der Waals surface area contributed by atoms with E-state index in [2.05, 4.69) is 6.92 Å². The topological polar surface area (TPSA) is 29.5 Å². The lowest BCUT2D eigenvalue weighted by molar-refractivity contribution is -0.149. The summed E-state index contributed by atoms with van der Waals surface area (Å²) in [6, 6.07) is -0.0705. The van der Waals surface area contributed by atoms with Gasteiger partial charge in [-0.05, 0) is 26.9 Å². The zero-order chi connectivity index (χ0) is 19.5. The molecule has 3 heteroatoms. The van der Waals surface area contributed by atoms with Crippen LogP contribution in [0.4, 0.5) is 0 Å². The average Bonchev–Trinajstić information content (AvgIpc) is 2.62. The molecule has 0 bridgehead atoms. The molecule has 0 aromatic rings. The molecule has 0 radical (unpaired) electrons. The molecule has 0 aromatic carbocycles. The Balaban J connectivity index is 3.44. The van der Waals surface area contributed by atoms with Gasteiger partial charge >= 0.3 is 5.97 Å². The van der Waals surface area contributed by atoms with E-state index in [9.17, 15) is 4.79 Å². The van der Waals surface area contributed by atoms with Gasteiger partial charge in [-0.1, -0.05) is 104 Å². The Morgan fingerprint density at radius 3 is 1.50 bits per heavy atom. The maximum absolute atomic E-state index is 12.0. The number of hydrogen-bond donors (Lipinski definition) is 0. The number of nitrogens with zero attached hydrogens (tertiary/aromatic N) is 1. The highest BCUT2D eigenvalue weighted by Gasteiger charge is 2.21. The molecule has 156 valence electrons. The lowest BCUT2D eigenvalue weighted by Crippen LogP contribution is -2.37. The highest BCUT2D eigenvalue weighted by Crippen LogP contribution is 2.15. The second-order valence-corrected chi connectivity index (χ2v) is 8.03. The molecule has 0 aliphatic rings. The molecule has 0 fully saturated rings. The molecule has 1 atom stereocenters. The highest BCUT2D eigenvalue weighted by molar-refractivity contribution is 5.75. The fourth-order valence-corrected chi connectivity index (χ4v) is 3.42. The van der Waals surface area contributed by atoms with Gasteiger partial charge in [-0.15, -0.1) is 0 Å². The summed E-state index contributed by atoms with van der Waals surface area (Å²) in [4.78, 5) is 14.0. The number of carbonyl (C=O) groups is 1. The van der Waals surface area contributed by atoms with Crippen molar-refractivity contribution in [2.75, 3.05) is 20.7 Å². The first kappa shape index (κ1) is 25.4. The molecular weight excluding hydrogens is 322 g/mol. The molecule has 0 aliphatic carbocycles.